The summed E-state index contributed by atoms with van der Waals surface area (Å²) in [6.45, 7) is 11.8. The van der Waals surface area contributed by atoms with Crippen molar-refractivity contribution < 1.29 is 14.2 Å². The summed E-state index contributed by atoms with van der Waals surface area (Å²) >= 11 is 0. The number of hydrogen-bond acceptors (Lipinski definition) is 3. The molecule has 4 unspecified atom stereocenters. The second-order valence-corrected chi connectivity index (χ2v) is 11.8. The van der Waals surface area contributed by atoms with Gasteiger partial charge in [-0.3, -0.25) is 0 Å². The second kappa shape index (κ2) is 5.73. The minimum Gasteiger partial charge on any atom is -0.378 e. The molecule has 1 aliphatic heterocycles. The van der Waals surface area contributed by atoms with Crippen LogP contribution < -0.4 is 0 Å². The van der Waals surface area contributed by atoms with E-state index in [-0.39, 0.29) is 17.8 Å². The van der Waals surface area contributed by atoms with Gasteiger partial charge < -0.3 is 14.2 Å². The fourth-order valence-electron chi connectivity index (χ4n) is 8.87. The average Bonchev–Trinajstić information content (AvgIpc) is 3.08. The number of ether oxygens (including phenoxy) is 3. The highest BCUT2D eigenvalue weighted by molar-refractivity contribution is 5.17. The van der Waals surface area contributed by atoms with Crippen molar-refractivity contribution in [2.75, 3.05) is 7.11 Å². The van der Waals surface area contributed by atoms with E-state index < -0.39 is 5.79 Å². The Kier molecular flexibility index (Phi) is 4.01. The van der Waals surface area contributed by atoms with E-state index in [9.17, 15) is 0 Å². The van der Waals surface area contributed by atoms with Crippen LogP contribution in [0.4, 0.5) is 0 Å². The van der Waals surface area contributed by atoms with E-state index in [1.165, 1.54) is 51.4 Å². The first-order valence-electron chi connectivity index (χ1n) is 11.5. The van der Waals surface area contributed by atoms with Gasteiger partial charge in [0, 0.05) is 7.11 Å². The van der Waals surface area contributed by atoms with Gasteiger partial charge in [-0.15, -0.1) is 0 Å². The smallest absolute Gasteiger partial charge is 0.163 e. The quantitative estimate of drug-likeness (QED) is 0.599. The van der Waals surface area contributed by atoms with Crippen molar-refractivity contribution >= 4 is 0 Å². The minimum atomic E-state index is -0.446. The Hall–Kier alpha value is -0.120. The molecule has 5 fully saturated rings. The van der Waals surface area contributed by atoms with E-state index in [2.05, 4.69) is 34.6 Å². The Morgan fingerprint density at radius 2 is 1.52 bits per heavy atom. The van der Waals surface area contributed by atoms with E-state index in [4.69, 9.17) is 14.2 Å². The summed E-state index contributed by atoms with van der Waals surface area (Å²) in [7, 11) is 1.94. The zero-order valence-electron chi connectivity index (χ0n) is 18.3. The van der Waals surface area contributed by atoms with Gasteiger partial charge in [-0.05, 0) is 93.8 Å². The molecule has 3 nitrogen and oxygen atoms in total. The van der Waals surface area contributed by atoms with Crippen molar-refractivity contribution in [3.05, 3.63) is 0 Å². The van der Waals surface area contributed by atoms with Crippen molar-refractivity contribution in [3.8, 4) is 0 Å². The molecule has 0 aromatic heterocycles. The number of rotatable bonds is 1. The molecule has 27 heavy (non-hydrogen) atoms. The molecular weight excluding hydrogens is 336 g/mol. The number of methoxy groups -OCH3 is 1. The Bertz CT molecular complexity index is 607. The lowest BCUT2D eigenvalue weighted by Gasteiger charge is -2.63. The van der Waals surface area contributed by atoms with Gasteiger partial charge >= 0.3 is 0 Å². The first-order chi connectivity index (χ1) is 12.6. The summed E-state index contributed by atoms with van der Waals surface area (Å²) in [5.74, 6) is 2.13. The highest BCUT2D eigenvalue weighted by atomic mass is 16.8. The Morgan fingerprint density at radius 1 is 0.778 bits per heavy atom. The third-order valence-electron chi connectivity index (χ3n) is 10.1. The maximum absolute atomic E-state index is 6.73. The van der Waals surface area contributed by atoms with E-state index in [1.807, 2.05) is 7.11 Å². The van der Waals surface area contributed by atoms with Gasteiger partial charge in [-0.1, -0.05) is 26.7 Å². The number of fused-ring (bicyclic) bond motifs is 8. The largest absolute Gasteiger partial charge is 0.378 e. The normalized spacial score (nSPS) is 58.9. The van der Waals surface area contributed by atoms with Crippen LogP contribution >= 0.6 is 0 Å². The van der Waals surface area contributed by atoms with Gasteiger partial charge in [0.2, 0.25) is 0 Å². The van der Waals surface area contributed by atoms with Crippen molar-refractivity contribution in [2.24, 2.45) is 34.5 Å². The molecule has 3 heteroatoms. The molecule has 0 amide bonds. The van der Waals surface area contributed by atoms with E-state index in [0.717, 1.165) is 5.92 Å². The van der Waals surface area contributed by atoms with Crippen LogP contribution in [-0.2, 0) is 14.2 Å². The average molecular weight is 377 g/mol. The molecule has 1 saturated heterocycles. The highest BCUT2D eigenvalue weighted by Crippen LogP contribution is 2.70. The molecule has 0 radical (unpaired) electrons. The molecule has 1 heterocycles. The molecule has 0 spiro atoms. The van der Waals surface area contributed by atoms with E-state index in [1.54, 1.807) is 0 Å². The predicted molar refractivity (Wildman–Crippen MR) is 106 cm³/mol. The Morgan fingerprint density at radius 3 is 2.26 bits per heavy atom. The van der Waals surface area contributed by atoms with Gasteiger partial charge in [0.05, 0.1) is 17.8 Å². The topological polar surface area (TPSA) is 27.7 Å². The standard InChI is InChI=1S/C24H40O3/c1-21(2)26-18-16-9-7-8-11-23(16,4)15-10-12-22(3)13-14-24(5,25-6)20(22)17(15)19(18)27-21/h15-20H,7-14H2,1-6H3/t15?,16?,17?,18-,19-,20?,22-,23-,24-/m1/s1. The summed E-state index contributed by atoms with van der Waals surface area (Å²) in [5, 5.41) is 0. The lowest BCUT2D eigenvalue weighted by atomic mass is 9.43. The van der Waals surface area contributed by atoms with Crippen LogP contribution in [0.15, 0.2) is 0 Å². The molecule has 9 atom stereocenters. The SMILES string of the molecule is CO[C@]1(C)CC[C@@]2(C)CCC3C(C21)[C@H]1OC(C)(C)O[C@@H]1C1CCCC[C@]31C. The zero-order chi connectivity index (χ0) is 19.2. The monoisotopic (exact) mass is 376 g/mol. The fourth-order valence-corrected chi connectivity index (χ4v) is 8.87. The summed E-state index contributed by atoms with van der Waals surface area (Å²) in [6, 6.07) is 0. The van der Waals surface area contributed by atoms with Crippen LogP contribution in [0.1, 0.15) is 86.0 Å². The zero-order valence-corrected chi connectivity index (χ0v) is 18.3. The summed E-state index contributed by atoms with van der Waals surface area (Å²) in [4.78, 5) is 0. The van der Waals surface area contributed by atoms with Crippen LogP contribution in [0.25, 0.3) is 0 Å². The van der Waals surface area contributed by atoms with Gasteiger partial charge in [0.15, 0.2) is 5.79 Å². The molecule has 5 rings (SSSR count). The minimum absolute atomic E-state index is 0.0173. The Balaban J connectivity index is 1.63. The molecule has 4 aliphatic carbocycles. The van der Waals surface area contributed by atoms with E-state index in [0.29, 0.717) is 28.6 Å². The molecule has 0 bridgehead atoms. The summed E-state index contributed by atoms with van der Waals surface area (Å²) in [6.07, 6.45) is 11.2. The Labute approximate surface area is 165 Å². The molecule has 0 aromatic carbocycles. The van der Waals surface area contributed by atoms with Crippen molar-refractivity contribution in [3.63, 3.8) is 0 Å². The van der Waals surface area contributed by atoms with Crippen LogP contribution in [0.5, 0.6) is 0 Å². The molecule has 5 aliphatic rings. The van der Waals surface area contributed by atoms with Crippen molar-refractivity contribution in [1.29, 1.82) is 0 Å². The van der Waals surface area contributed by atoms with Gasteiger partial charge in [0.1, 0.15) is 0 Å². The van der Waals surface area contributed by atoms with Crippen molar-refractivity contribution in [1.82, 2.24) is 0 Å². The van der Waals surface area contributed by atoms with Crippen molar-refractivity contribution in [2.45, 2.75) is 110 Å². The fraction of sp³-hybridized carbons (Fsp3) is 1.00. The predicted octanol–water partition coefficient (Wildman–Crippen LogP) is 5.56. The van der Waals surface area contributed by atoms with Crippen LogP contribution in [0, 0.1) is 34.5 Å². The lowest BCUT2D eigenvalue weighted by molar-refractivity contribution is -0.205. The maximum atomic E-state index is 6.73. The first kappa shape index (κ1) is 18.9. The molecule has 0 N–H and O–H groups in total. The summed E-state index contributed by atoms with van der Waals surface area (Å²) < 4.78 is 19.6. The maximum Gasteiger partial charge on any atom is 0.163 e. The van der Waals surface area contributed by atoms with E-state index >= 15 is 0 Å². The molecule has 154 valence electrons. The highest BCUT2D eigenvalue weighted by Gasteiger charge is 2.70. The molecule has 0 aromatic rings. The first-order valence-corrected chi connectivity index (χ1v) is 11.5. The van der Waals surface area contributed by atoms with Gasteiger partial charge in [-0.25, -0.2) is 0 Å². The molecular formula is C24H40O3. The van der Waals surface area contributed by atoms with Gasteiger partial charge in [-0.2, -0.15) is 0 Å². The third-order valence-corrected chi connectivity index (χ3v) is 10.1. The second-order valence-electron chi connectivity index (χ2n) is 11.8. The molecule has 4 saturated carbocycles. The van der Waals surface area contributed by atoms with Crippen LogP contribution in [0.3, 0.4) is 0 Å². The third kappa shape index (κ3) is 2.43. The van der Waals surface area contributed by atoms with Crippen LogP contribution in [0.2, 0.25) is 0 Å². The summed E-state index contributed by atoms with van der Waals surface area (Å²) in [5.41, 5.74) is 0.785. The van der Waals surface area contributed by atoms with Gasteiger partial charge in [0.25, 0.3) is 0 Å². The lowest BCUT2D eigenvalue weighted by Crippen LogP contribution is -2.64. The van der Waals surface area contributed by atoms with Crippen LogP contribution in [-0.4, -0.2) is 30.7 Å². The number of hydrogen-bond donors (Lipinski definition) is 0.